The van der Waals surface area contributed by atoms with E-state index in [1.807, 2.05) is 13.0 Å². The number of carbonyl (C=O) groups is 1. The largest absolute Gasteiger partial charge is 0.348 e. The van der Waals surface area contributed by atoms with Crippen molar-refractivity contribution in [3.05, 3.63) is 64.4 Å². The molecule has 1 aromatic heterocycles. The third-order valence-corrected chi connectivity index (χ3v) is 7.38. The maximum atomic E-state index is 13.1. The Morgan fingerprint density at radius 3 is 2.62 bits per heavy atom. The number of carbonyl (C=O) groups excluding carboxylic acids is 1. The van der Waals surface area contributed by atoms with Gasteiger partial charge >= 0.3 is 0 Å². The highest BCUT2D eigenvalue weighted by Crippen LogP contribution is 2.31. The van der Waals surface area contributed by atoms with Crippen LogP contribution in [0.25, 0.3) is 5.69 Å². The number of amides is 1. The minimum Gasteiger partial charge on any atom is -0.348 e. The van der Waals surface area contributed by atoms with Crippen molar-refractivity contribution in [2.45, 2.75) is 51.6 Å². The number of rotatable bonds is 7. The lowest BCUT2D eigenvalue weighted by atomic mass is 9.95. The molecule has 11 heteroatoms. The summed E-state index contributed by atoms with van der Waals surface area (Å²) in [5.74, 6) is -0.315. The van der Waals surface area contributed by atoms with Crippen molar-refractivity contribution in [2.24, 2.45) is 0 Å². The number of benzene rings is 2. The van der Waals surface area contributed by atoms with E-state index in [1.165, 1.54) is 21.6 Å². The number of anilines is 1. The molecule has 0 bridgehead atoms. The smallest absolute Gasteiger partial charge is 0.251 e. The number of hydrogen-bond acceptors (Lipinski definition) is 6. The average Bonchev–Trinajstić information content (AvgIpc) is 3.32. The van der Waals surface area contributed by atoms with Gasteiger partial charge in [-0.05, 0) is 77.7 Å². The van der Waals surface area contributed by atoms with Crippen LogP contribution in [0, 0.1) is 6.92 Å². The first-order chi connectivity index (χ1) is 16.2. The Morgan fingerprint density at radius 2 is 1.94 bits per heavy atom. The van der Waals surface area contributed by atoms with E-state index in [4.69, 9.17) is 11.6 Å². The van der Waals surface area contributed by atoms with Crippen LogP contribution in [0.4, 0.5) is 5.69 Å². The van der Waals surface area contributed by atoms with E-state index in [2.05, 4.69) is 20.8 Å². The number of tetrazole rings is 1. The van der Waals surface area contributed by atoms with Crippen molar-refractivity contribution in [1.82, 2.24) is 25.5 Å². The van der Waals surface area contributed by atoms with Gasteiger partial charge in [0.2, 0.25) is 10.0 Å². The number of halogens is 1. The molecule has 34 heavy (non-hydrogen) atoms. The van der Waals surface area contributed by atoms with Gasteiger partial charge in [-0.15, -0.1) is 5.10 Å². The summed E-state index contributed by atoms with van der Waals surface area (Å²) in [7, 11) is -3.50. The van der Waals surface area contributed by atoms with Crippen LogP contribution in [0.1, 0.15) is 53.6 Å². The molecule has 0 unspecified atom stereocenters. The molecule has 0 saturated heterocycles. The summed E-state index contributed by atoms with van der Waals surface area (Å²) in [6.07, 6.45) is 7.44. The highest BCUT2D eigenvalue weighted by atomic mass is 35.5. The van der Waals surface area contributed by atoms with Crippen molar-refractivity contribution in [1.29, 1.82) is 0 Å². The van der Waals surface area contributed by atoms with Crippen molar-refractivity contribution in [2.75, 3.05) is 10.6 Å². The van der Waals surface area contributed by atoms with Gasteiger partial charge in [0.05, 0.1) is 17.6 Å². The fourth-order valence-electron chi connectivity index (χ4n) is 4.48. The van der Waals surface area contributed by atoms with Crippen LogP contribution >= 0.6 is 11.6 Å². The van der Waals surface area contributed by atoms with E-state index in [-0.39, 0.29) is 18.5 Å². The molecule has 180 valence electrons. The number of nitrogens with zero attached hydrogens (tertiary/aromatic N) is 5. The van der Waals surface area contributed by atoms with Gasteiger partial charge in [-0.1, -0.05) is 30.9 Å². The topological polar surface area (TPSA) is 110 Å². The second-order valence-corrected chi connectivity index (χ2v) is 10.9. The van der Waals surface area contributed by atoms with Gasteiger partial charge in [0.1, 0.15) is 6.33 Å². The summed E-state index contributed by atoms with van der Waals surface area (Å²) in [4.78, 5) is 13.1. The van der Waals surface area contributed by atoms with E-state index >= 15 is 0 Å². The maximum absolute atomic E-state index is 13.1. The molecule has 1 N–H and O–H groups in total. The Labute approximate surface area is 204 Å². The normalized spacial score (nSPS) is 14.7. The zero-order chi connectivity index (χ0) is 24.3. The number of nitrogens with one attached hydrogen (secondary N) is 1. The number of aromatic nitrogens is 4. The third-order valence-electron chi connectivity index (χ3n) is 5.92. The zero-order valence-corrected chi connectivity index (χ0v) is 20.7. The number of sulfonamides is 1. The van der Waals surface area contributed by atoms with Gasteiger partial charge in [0, 0.05) is 23.2 Å². The number of hydrogen-bond donors (Lipinski definition) is 1. The third kappa shape index (κ3) is 5.56. The van der Waals surface area contributed by atoms with Crippen molar-refractivity contribution < 1.29 is 13.2 Å². The SMILES string of the molecule is Cc1cc(C(=O)NCc2cc(Cl)ccc2-n2cnnn2)cc(N(C2CCCCC2)S(C)(=O)=O)c1. The Balaban J connectivity index is 1.59. The fraction of sp³-hybridized carbons (Fsp3) is 0.391. The van der Waals surface area contributed by atoms with Crippen LogP contribution < -0.4 is 9.62 Å². The standard InChI is InChI=1S/C23H27ClN6O3S/c1-16-10-17(13-21(11-16)30(34(2,32)33)20-6-4-3-5-7-20)23(31)25-14-18-12-19(24)8-9-22(18)29-15-26-27-28-29/h8-13,15,20H,3-7,14H2,1-2H3,(H,25,31). The average molecular weight is 503 g/mol. The van der Waals surface area contributed by atoms with Crippen molar-refractivity contribution in [3.8, 4) is 5.69 Å². The van der Waals surface area contributed by atoms with Crippen LogP contribution in [-0.2, 0) is 16.6 Å². The first-order valence-corrected chi connectivity index (χ1v) is 13.4. The van der Waals surface area contributed by atoms with Gasteiger partial charge in [0.15, 0.2) is 0 Å². The molecule has 4 rings (SSSR count). The molecule has 0 aliphatic heterocycles. The first kappa shape index (κ1) is 24.2. The molecule has 1 aliphatic rings. The molecule has 1 fully saturated rings. The minimum absolute atomic E-state index is 0.0910. The highest BCUT2D eigenvalue weighted by molar-refractivity contribution is 7.92. The zero-order valence-electron chi connectivity index (χ0n) is 19.1. The molecule has 1 heterocycles. The number of aryl methyl sites for hydroxylation is 1. The van der Waals surface area contributed by atoms with E-state index in [0.717, 1.165) is 43.2 Å². The summed E-state index contributed by atoms with van der Waals surface area (Å²) in [5.41, 5.74) is 3.16. The van der Waals surface area contributed by atoms with Gasteiger partial charge in [-0.3, -0.25) is 9.10 Å². The van der Waals surface area contributed by atoms with Gasteiger partial charge in [-0.25, -0.2) is 13.1 Å². The van der Waals surface area contributed by atoms with Crippen LogP contribution in [0.3, 0.4) is 0 Å². The van der Waals surface area contributed by atoms with Crippen LogP contribution in [0.15, 0.2) is 42.7 Å². The lowest BCUT2D eigenvalue weighted by Gasteiger charge is -2.34. The van der Waals surface area contributed by atoms with Crippen molar-refractivity contribution >= 4 is 33.2 Å². The van der Waals surface area contributed by atoms with Crippen molar-refractivity contribution in [3.63, 3.8) is 0 Å². The lowest BCUT2D eigenvalue weighted by molar-refractivity contribution is 0.0951. The van der Waals surface area contributed by atoms with Gasteiger partial charge in [-0.2, -0.15) is 0 Å². The quantitative estimate of drug-likeness (QED) is 0.528. The summed E-state index contributed by atoms with van der Waals surface area (Å²) in [5, 5.41) is 14.7. The highest BCUT2D eigenvalue weighted by Gasteiger charge is 2.29. The summed E-state index contributed by atoms with van der Waals surface area (Å²) in [6, 6.07) is 10.4. The first-order valence-electron chi connectivity index (χ1n) is 11.1. The van der Waals surface area contributed by atoms with Gasteiger partial charge < -0.3 is 5.32 Å². The minimum atomic E-state index is -3.50. The van der Waals surface area contributed by atoms with E-state index in [0.29, 0.717) is 22.0 Å². The Hall–Kier alpha value is -2.98. The van der Waals surface area contributed by atoms with E-state index in [1.54, 1.807) is 30.3 Å². The summed E-state index contributed by atoms with van der Waals surface area (Å²) >= 11 is 6.17. The van der Waals surface area contributed by atoms with E-state index < -0.39 is 10.0 Å². The van der Waals surface area contributed by atoms with E-state index in [9.17, 15) is 13.2 Å². The van der Waals surface area contributed by atoms with Crippen LogP contribution in [0.2, 0.25) is 5.02 Å². The molecule has 3 aromatic rings. The molecule has 1 saturated carbocycles. The maximum Gasteiger partial charge on any atom is 0.251 e. The summed E-state index contributed by atoms with van der Waals surface area (Å²) < 4.78 is 28.4. The molecular formula is C23H27ClN6O3S. The summed E-state index contributed by atoms with van der Waals surface area (Å²) in [6.45, 7) is 2.05. The van der Waals surface area contributed by atoms with Crippen LogP contribution in [-0.4, -0.2) is 46.8 Å². The van der Waals surface area contributed by atoms with Gasteiger partial charge in [0.25, 0.3) is 5.91 Å². The molecule has 0 atom stereocenters. The predicted molar refractivity (Wildman–Crippen MR) is 131 cm³/mol. The Kier molecular flexibility index (Phi) is 7.18. The molecule has 9 nitrogen and oxygen atoms in total. The lowest BCUT2D eigenvalue weighted by Crippen LogP contribution is -2.41. The second kappa shape index (κ2) is 10.1. The fourth-order valence-corrected chi connectivity index (χ4v) is 5.91. The second-order valence-electron chi connectivity index (χ2n) is 8.62. The molecule has 0 radical (unpaired) electrons. The monoisotopic (exact) mass is 502 g/mol. The molecule has 1 amide bonds. The molecule has 2 aromatic carbocycles. The molecular weight excluding hydrogens is 476 g/mol. The Bertz CT molecular complexity index is 1270. The Morgan fingerprint density at radius 1 is 1.18 bits per heavy atom. The molecule has 1 aliphatic carbocycles. The predicted octanol–water partition coefficient (Wildman–Crippen LogP) is 3.65. The molecule has 0 spiro atoms. The van der Waals surface area contributed by atoms with Crippen LogP contribution in [0.5, 0.6) is 0 Å².